The van der Waals surface area contributed by atoms with E-state index in [0.29, 0.717) is 5.92 Å². The third-order valence-corrected chi connectivity index (χ3v) is 2.87. The minimum atomic E-state index is -0.0646. The number of nitrogens with one attached hydrogen (secondary N) is 1. The third-order valence-electron chi connectivity index (χ3n) is 2.87. The molecule has 0 spiro atoms. The average molecular weight is 166 g/mol. The van der Waals surface area contributed by atoms with Gasteiger partial charge in [-0.05, 0) is 37.5 Å². The Labute approximate surface area is 72.2 Å². The number of amides is 1. The molecule has 2 bridgehead atoms. The summed E-state index contributed by atoms with van der Waals surface area (Å²) in [5.74, 6) is 1.48. The molecule has 66 valence electrons. The molecular formula is C9H14N2O. The molecule has 2 fully saturated rings. The largest absolute Gasteiger partial charge is 0.274 e. The Morgan fingerprint density at radius 2 is 2.42 bits per heavy atom. The summed E-state index contributed by atoms with van der Waals surface area (Å²) in [4.78, 5) is 10.6. The molecule has 0 aliphatic heterocycles. The van der Waals surface area contributed by atoms with E-state index in [1.54, 1.807) is 0 Å². The van der Waals surface area contributed by atoms with Crippen LogP contribution in [0, 0.1) is 11.8 Å². The normalized spacial score (nSPS) is 35.9. The molecule has 2 unspecified atom stereocenters. The Morgan fingerprint density at radius 1 is 1.58 bits per heavy atom. The standard InChI is InChI=1S/C9H14N2O/c1-6(12)10-11-9-5-7-2-3-8(9)4-7/h7-8H,2-5H2,1H3,(H,10,12)/b11-9-. The number of carbonyl (C=O) groups is 1. The van der Waals surface area contributed by atoms with Crippen LogP contribution in [0.15, 0.2) is 5.10 Å². The van der Waals surface area contributed by atoms with Gasteiger partial charge in [0.25, 0.3) is 0 Å². The SMILES string of the molecule is CC(=O)N/N=C1/CC2CCC1C2. The zero-order valence-corrected chi connectivity index (χ0v) is 7.34. The van der Waals surface area contributed by atoms with Crippen molar-refractivity contribution >= 4 is 11.6 Å². The van der Waals surface area contributed by atoms with Gasteiger partial charge in [-0.25, -0.2) is 5.43 Å². The van der Waals surface area contributed by atoms with Gasteiger partial charge in [-0.3, -0.25) is 4.79 Å². The van der Waals surface area contributed by atoms with Crippen molar-refractivity contribution in [1.29, 1.82) is 0 Å². The highest BCUT2D eigenvalue weighted by Gasteiger charge is 2.36. The quantitative estimate of drug-likeness (QED) is 0.586. The maximum absolute atomic E-state index is 10.6. The van der Waals surface area contributed by atoms with E-state index in [-0.39, 0.29) is 5.91 Å². The highest BCUT2D eigenvalue weighted by Crippen LogP contribution is 2.42. The van der Waals surface area contributed by atoms with Crippen LogP contribution in [0.4, 0.5) is 0 Å². The second-order valence-electron chi connectivity index (χ2n) is 3.85. The molecule has 2 saturated carbocycles. The van der Waals surface area contributed by atoms with Crippen LogP contribution in [-0.2, 0) is 4.79 Å². The van der Waals surface area contributed by atoms with E-state index in [1.807, 2.05) is 0 Å². The molecule has 1 N–H and O–H groups in total. The molecule has 0 aromatic heterocycles. The number of hydrazone groups is 1. The maximum Gasteiger partial charge on any atom is 0.236 e. The van der Waals surface area contributed by atoms with Gasteiger partial charge in [0.2, 0.25) is 5.91 Å². The number of hydrogen-bond donors (Lipinski definition) is 1. The van der Waals surface area contributed by atoms with Gasteiger partial charge in [0.05, 0.1) is 0 Å². The number of hydrogen-bond acceptors (Lipinski definition) is 2. The number of carbonyl (C=O) groups excluding carboxylic acids is 1. The van der Waals surface area contributed by atoms with Gasteiger partial charge >= 0.3 is 0 Å². The van der Waals surface area contributed by atoms with Crippen LogP contribution < -0.4 is 5.43 Å². The molecule has 0 aromatic carbocycles. The summed E-state index contributed by atoms with van der Waals surface area (Å²) >= 11 is 0. The molecule has 1 amide bonds. The lowest BCUT2D eigenvalue weighted by molar-refractivity contribution is -0.118. The molecule has 0 saturated heterocycles. The zero-order chi connectivity index (χ0) is 8.55. The summed E-state index contributed by atoms with van der Waals surface area (Å²) in [7, 11) is 0. The third kappa shape index (κ3) is 1.36. The van der Waals surface area contributed by atoms with Gasteiger partial charge in [0.15, 0.2) is 0 Å². The molecule has 3 nitrogen and oxygen atoms in total. The highest BCUT2D eigenvalue weighted by atomic mass is 16.2. The van der Waals surface area contributed by atoms with Gasteiger partial charge in [0.1, 0.15) is 0 Å². The van der Waals surface area contributed by atoms with E-state index in [1.165, 1.54) is 31.9 Å². The van der Waals surface area contributed by atoms with Gasteiger partial charge in [-0.2, -0.15) is 5.10 Å². The van der Waals surface area contributed by atoms with Crippen molar-refractivity contribution in [1.82, 2.24) is 5.43 Å². The molecule has 0 heterocycles. The van der Waals surface area contributed by atoms with E-state index >= 15 is 0 Å². The van der Waals surface area contributed by atoms with Crippen LogP contribution in [0.25, 0.3) is 0 Å². The maximum atomic E-state index is 10.6. The van der Waals surface area contributed by atoms with Crippen molar-refractivity contribution < 1.29 is 4.79 Å². The Hall–Kier alpha value is -0.860. The summed E-state index contributed by atoms with van der Waals surface area (Å²) in [5.41, 5.74) is 3.74. The second kappa shape index (κ2) is 2.88. The first-order chi connectivity index (χ1) is 5.75. The van der Waals surface area contributed by atoms with Crippen molar-refractivity contribution in [2.75, 3.05) is 0 Å². The summed E-state index contributed by atoms with van der Waals surface area (Å²) in [5, 5.41) is 4.12. The summed E-state index contributed by atoms with van der Waals surface area (Å²) < 4.78 is 0. The fourth-order valence-corrected chi connectivity index (χ4v) is 2.31. The second-order valence-corrected chi connectivity index (χ2v) is 3.85. The molecule has 2 aliphatic carbocycles. The van der Waals surface area contributed by atoms with Crippen LogP contribution in [0.2, 0.25) is 0 Å². The first kappa shape index (κ1) is 7.77. The Morgan fingerprint density at radius 3 is 2.92 bits per heavy atom. The van der Waals surface area contributed by atoms with E-state index in [0.717, 1.165) is 12.3 Å². The fourth-order valence-electron chi connectivity index (χ4n) is 2.31. The first-order valence-corrected chi connectivity index (χ1v) is 4.58. The summed E-state index contributed by atoms with van der Waals surface area (Å²) in [6, 6.07) is 0. The number of nitrogens with zero attached hydrogens (tertiary/aromatic N) is 1. The van der Waals surface area contributed by atoms with Crippen molar-refractivity contribution in [2.24, 2.45) is 16.9 Å². The average Bonchev–Trinajstić information content (AvgIpc) is 2.60. The van der Waals surface area contributed by atoms with Gasteiger partial charge < -0.3 is 0 Å². The molecule has 2 rings (SSSR count). The highest BCUT2D eigenvalue weighted by molar-refractivity contribution is 5.90. The summed E-state index contributed by atoms with van der Waals surface area (Å²) in [6.07, 6.45) is 5.07. The number of fused-ring (bicyclic) bond motifs is 2. The molecule has 2 atom stereocenters. The molecule has 0 aromatic rings. The Balaban J connectivity index is 1.97. The number of rotatable bonds is 1. The lowest BCUT2D eigenvalue weighted by atomic mass is 9.99. The molecular weight excluding hydrogens is 152 g/mol. The van der Waals surface area contributed by atoms with E-state index < -0.39 is 0 Å². The Bertz CT molecular complexity index is 235. The predicted molar refractivity (Wildman–Crippen MR) is 46.7 cm³/mol. The van der Waals surface area contributed by atoms with Gasteiger partial charge in [-0.15, -0.1) is 0 Å². The van der Waals surface area contributed by atoms with Crippen LogP contribution in [0.5, 0.6) is 0 Å². The first-order valence-electron chi connectivity index (χ1n) is 4.58. The van der Waals surface area contributed by atoms with Crippen molar-refractivity contribution in [3.05, 3.63) is 0 Å². The van der Waals surface area contributed by atoms with Crippen molar-refractivity contribution in [2.45, 2.75) is 32.6 Å². The van der Waals surface area contributed by atoms with E-state index in [9.17, 15) is 4.79 Å². The van der Waals surface area contributed by atoms with Crippen LogP contribution in [0.1, 0.15) is 32.6 Å². The van der Waals surface area contributed by atoms with Crippen LogP contribution in [0.3, 0.4) is 0 Å². The minimum Gasteiger partial charge on any atom is -0.274 e. The fraction of sp³-hybridized carbons (Fsp3) is 0.778. The van der Waals surface area contributed by atoms with E-state index in [2.05, 4.69) is 10.5 Å². The molecule has 12 heavy (non-hydrogen) atoms. The minimum absolute atomic E-state index is 0.0646. The lowest BCUT2D eigenvalue weighted by Gasteiger charge is -2.10. The van der Waals surface area contributed by atoms with Gasteiger partial charge in [0, 0.05) is 12.6 Å². The molecule has 2 aliphatic rings. The zero-order valence-electron chi connectivity index (χ0n) is 7.34. The van der Waals surface area contributed by atoms with Crippen LogP contribution >= 0.6 is 0 Å². The molecule has 3 heteroatoms. The topological polar surface area (TPSA) is 41.5 Å². The lowest BCUT2D eigenvalue weighted by Crippen LogP contribution is -2.19. The monoisotopic (exact) mass is 166 g/mol. The van der Waals surface area contributed by atoms with Crippen LogP contribution in [-0.4, -0.2) is 11.6 Å². The van der Waals surface area contributed by atoms with Crippen molar-refractivity contribution in [3.8, 4) is 0 Å². The van der Waals surface area contributed by atoms with Crippen molar-refractivity contribution in [3.63, 3.8) is 0 Å². The van der Waals surface area contributed by atoms with E-state index in [4.69, 9.17) is 0 Å². The smallest absolute Gasteiger partial charge is 0.236 e. The summed E-state index contributed by atoms with van der Waals surface area (Å²) in [6.45, 7) is 1.50. The van der Waals surface area contributed by atoms with Gasteiger partial charge in [-0.1, -0.05) is 0 Å². The predicted octanol–water partition coefficient (Wildman–Crippen LogP) is 1.30. The molecule has 0 radical (unpaired) electrons. The Kier molecular flexibility index (Phi) is 1.87.